The lowest BCUT2D eigenvalue weighted by molar-refractivity contribution is -0.122. The molecule has 2 amide bonds. The van der Waals surface area contributed by atoms with Gasteiger partial charge < -0.3 is 0 Å². The van der Waals surface area contributed by atoms with Gasteiger partial charge in [-0.3, -0.25) is 19.8 Å². The lowest BCUT2D eigenvalue weighted by atomic mass is 10.1. The summed E-state index contributed by atoms with van der Waals surface area (Å²) in [5, 5.41) is 3.15. The van der Waals surface area contributed by atoms with Crippen LogP contribution in [-0.2, 0) is 9.59 Å². The summed E-state index contributed by atoms with van der Waals surface area (Å²) >= 11 is 11.0. The fourth-order valence-corrected chi connectivity index (χ4v) is 2.72. The Morgan fingerprint density at radius 3 is 2.29 bits per heavy atom. The SMILES string of the molecule is Cc1ccc(C=C2C(=O)NC(=S)N(c3ccc(Cl)cc3)C2=O)cc1. The second-order valence-electron chi connectivity index (χ2n) is 5.34. The summed E-state index contributed by atoms with van der Waals surface area (Å²) in [6.07, 6.45) is 1.56. The van der Waals surface area contributed by atoms with Crippen LogP contribution in [0.4, 0.5) is 5.69 Å². The number of carbonyl (C=O) groups excluding carboxylic acids is 2. The van der Waals surface area contributed by atoms with Gasteiger partial charge in [-0.05, 0) is 55.0 Å². The Balaban J connectivity index is 1.99. The molecule has 2 aromatic rings. The Labute approximate surface area is 149 Å². The summed E-state index contributed by atoms with van der Waals surface area (Å²) in [5.41, 5.74) is 2.44. The molecule has 2 aromatic carbocycles. The van der Waals surface area contributed by atoms with Gasteiger partial charge in [-0.15, -0.1) is 0 Å². The average Bonchev–Trinajstić information content (AvgIpc) is 2.55. The minimum absolute atomic E-state index is 0.0300. The number of nitrogens with one attached hydrogen (secondary N) is 1. The molecule has 0 aromatic heterocycles. The van der Waals surface area contributed by atoms with Gasteiger partial charge in [0.15, 0.2) is 5.11 Å². The molecule has 0 unspecified atom stereocenters. The highest BCUT2D eigenvalue weighted by molar-refractivity contribution is 7.80. The number of hydrogen-bond donors (Lipinski definition) is 1. The normalized spacial score (nSPS) is 16.5. The Bertz CT molecular complexity index is 858. The summed E-state index contributed by atoms with van der Waals surface area (Å²) < 4.78 is 0. The zero-order chi connectivity index (χ0) is 17.3. The maximum atomic E-state index is 12.8. The van der Waals surface area contributed by atoms with Crippen LogP contribution in [0.5, 0.6) is 0 Å². The highest BCUT2D eigenvalue weighted by Gasteiger charge is 2.34. The first-order valence-electron chi connectivity index (χ1n) is 7.19. The van der Waals surface area contributed by atoms with Crippen molar-refractivity contribution in [1.82, 2.24) is 5.32 Å². The van der Waals surface area contributed by atoms with E-state index in [9.17, 15) is 9.59 Å². The van der Waals surface area contributed by atoms with E-state index in [-0.39, 0.29) is 10.7 Å². The molecule has 0 spiro atoms. The van der Waals surface area contributed by atoms with Gasteiger partial charge in [0, 0.05) is 5.02 Å². The van der Waals surface area contributed by atoms with Gasteiger partial charge in [0.1, 0.15) is 5.57 Å². The van der Waals surface area contributed by atoms with Crippen molar-refractivity contribution < 1.29 is 9.59 Å². The summed E-state index contributed by atoms with van der Waals surface area (Å²) in [7, 11) is 0. The van der Waals surface area contributed by atoms with E-state index in [0.29, 0.717) is 10.7 Å². The van der Waals surface area contributed by atoms with Crippen molar-refractivity contribution in [2.45, 2.75) is 6.92 Å². The number of benzene rings is 2. The van der Waals surface area contributed by atoms with Gasteiger partial charge >= 0.3 is 0 Å². The molecule has 1 aliphatic rings. The van der Waals surface area contributed by atoms with E-state index in [1.807, 2.05) is 31.2 Å². The van der Waals surface area contributed by atoms with Gasteiger partial charge in [0.25, 0.3) is 11.8 Å². The molecule has 0 bridgehead atoms. The zero-order valence-corrected chi connectivity index (χ0v) is 14.3. The highest BCUT2D eigenvalue weighted by Crippen LogP contribution is 2.23. The predicted octanol–water partition coefficient (Wildman–Crippen LogP) is 3.48. The van der Waals surface area contributed by atoms with Crippen molar-refractivity contribution in [3.8, 4) is 0 Å². The highest BCUT2D eigenvalue weighted by atomic mass is 35.5. The number of amides is 2. The van der Waals surface area contributed by atoms with Gasteiger partial charge in [-0.25, -0.2) is 0 Å². The standard InChI is InChI=1S/C18H13ClN2O2S/c1-11-2-4-12(5-3-11)10-15-16(22)20-18(24)21(17(15)23)14-8-6-13(19)7-9-14/h2-10H,1H3,(H,20,22,24). The largest absolute Gasteiger partial charge is 0.298 e. The van der Waals surface area contributed by atoms with Gasteiger partial charge in [0.2, 0.25) is 0 Å². The number of nitrogens with zero attached hydrogens (tertiary/aromatic N) is 1. The van der Waals surface area contributed by atoms with Crippen LogP contribution in [0.15, 0.2) is 54.1 Å². The van der Waals surface area contributed by atoms with Crippen molar-refractivity contribution in [2.75, 3.05) is 4.90 Å². The van der Waals surface area contributed by atoms with Crippen LogP contribution in [0.3, 0.4) is 0 Å². The molecule has 0 saturated carbocycles. The molecule has 1 fully saturated rings. The van der Waals surface area contributed by atoms with Gasteiger partial charge in [-0.2, -0.15) is 0 Å². The van der Waals surface area contributed by atoms with Crippen molar-refractivity contribution in [2.24, 2.45) is 0 Å². The Morgan fingerprint density at radius 1 is 1.04 bits per heavy atom. The molecule has 0 aliphatic carbocycles. The van der Waals surface area contributed by atoms with E-state index < -0.39 is 11.8 Å². The minimum atomic E-state index is -0.504. The van der Waals surface area contributed by atoms with E-state index in [0.717, 1.165) is 11.1 Å². The van der Waals surface area contributed by atoms with Crippen LogP contribution in [0.25, 0.3) is 6.08 Å². The maximum absolute atomic E-state index is 12.8. The van der Waals surface area contributed by atoms with Crippen LogP contribution in [0, 0.1) is 6.92 Å². The van der Waals surface area contributed by atoms with Crippen LogP contribution >= 0.6 is 23.8 Å². The molecule has 0 atom stereocenters. The van der Waals surface area contributed by atoms with Crippen molar-refractivity contribution in [3.63, 3.8) is 0 Å². The van der Waals surface area contributed by atoms with Crippen molar-refractivity contribution in [1.29, 1.82) is 0 Å². The van der Waals surface area contributed by atoms with Gasteiger partial charge in [-0.1, -0.05) is 41.4 Å². The molecule has 120 valence electrons. The summed E-state index contributed by atoms with van der Waals surface area (Å²) in [6, 6.07) is 14.2. The summed E-state index contributed by atoms with van der Waals surface area (Å²) in [6.45, 7) is 1.97. The van der Waals surface area contributed by atoms with Crippen LogP contribution in [0.2, 0.25) is 5.02 Å². The maximum Gasteiger partial charge on any atom is 0.270 e. The molecule has 1 heterocycles. The Hall–Kier alpha value is -2.50. The molecule has 24 heavy (non-hydrogen) atoms. The van der Waals surface area contributed by atoms with Crippen LogP contribution in [-0.4, -0.2) is 16.9 Å². The number of hydrogen-bond acceptors (Lipinski definition) is 3. The molecule has 4 nitrogen and oxygen atoms in total. The molecular weight excluding hydrogens is 344 g/mol. The number of rotatable bonds is 2. The molecule has 3 rings (SSSR count). The molecule has 6 heteroatoms. The van der Waals surface area contributed by atoms with E-state index in [1.54, 1.807) is 30.3 Å². The second kappa shape index (κ2) is 6.55. The Kier molecular flexibility index (Phi) is 4.46. The fourth-order valence-electron chi connectivity index (χ4n) is 2.31. The molecule has 1 aliphatic heterocycles. The van der Waals surface area contributed by atoms with Crippen molar-refractivity contribution in [3.05, 3.63) is 70.3 Å². The topological polar surface area (TPSA) is 49.4 Å². The third-order valence-corrected chi connectivity index (χ3v) is 4.11. The first kappa shape index (κ1) is 16.4. The van der Waals surface area contributed by atoms with Gasteiger partial charge in [0.05, 0.1) is 5.69 Å². The van der Waals surface area contributed by atoms with Crippen molar-refractivity contribution >= 4 is 52.5 Å². The number of halogens is 1. The second-order valence-corrected chi connectivity index (χ2v) is 6.17. The molecule has 0 radical (unpaired) electrons. The number of carbonyl (C=O) groups is 2. The third-order valence-electron chi connectivity index (χ3n) is 3.57. The smallest absolute Gasteiger partial charge is 0.270 e. The summed E-state index contributed by atoms with van der Waals surface area (Å²) in [5.74, 6) is -0.970. The average molecular weight is 357 g/mol. The quantitative estimate of drug-likeness (QED) is 0.509. The van der Waals surface area contributed by atoms with E-state index in [4.69, 9.17) is 23.8 Å². The first-order valence-corrected chi connectivity index (χ1v) is 7.98. The third kappa shape index (κ3) is 3.22. The number of thiocarbonyl (C=S) groups is 1. The number of anilines is 1. The van der Waals surface area contributed by atoms with E-state index in [2.05, 4.69) is 5.32 Å². The van der Waals surface area contributed by atoms with Crippen LogP contribution in [0.1, 0.15) is 11.1 Å². The lowest BCUT2D eigenvalue weighted by Gasteiger charge is -2.28. The molecule has 1 saturated heterocycles. The van der Waals surface area contributed by atoms with E-state index in [1.165, 1.54) is 4.90 Å². The minimum Gasteiger partial charge on any atom is -0.298 e. The monoisotopic (exact) mass is 356 g/mol. The van der Waals surface area contributed by atoms with Crippen LogP contribution < -0.4 is 10.2 Å². The first-order chi connectivity index (χ1) is 11.5. The zero-order valence-electron chi connectivity index (χ0n) is 12.7. The summed E-state index contributed by atoms with van der Waals surface area (Å²) in [4.78, 5) is 26.2. The van der Waals surface area contributed by atoms with E-state index >= 15 is 0 Å². The predicted molar refractivity (Wildman–Crippen MR) is 98.8 cm³/mol. The number of aryl methyl sites for hydroxylation is 1. The Morgan fingerprint density at radius 2 is 1.67 bits per heavy atom. The lowest BCUT2D eigenvalue weighted by Crippen LogP contribution is -2.54. The molecule has 1 N–H and O–H groups in total. The fraction of sp³-hybridized carbons (Fsp3) is 0.0556. The molecular formula is C18H13ClN2O2S.